The van der Waals surface area contributed by atoms with Crippen LogP contribution in [0.5, 0.6) is 0 Å². The molecule has 19 heavy (non-hydrogen) atoms. The van der Waals surface area contributed by atoms with Crippen LogP contribution in [0.2, 0.25) is 0 Å². The van der Waals surface area contributed by atoms with Gasteiger partial charge in [-0.2, -0.15) is 0 Å². The molecule has 0 saturated carbocycles. The number of hydrogen-bond acceptors (Lipinski definition) is 2. The van der Waals surface area contributed by atoms with Crippen molar-refractivity contribution in [3.8, 4) is 0 Å². The van der Waals surface area contributed by atoms with E-state index >= 15 is 0 Å². The summed E-state index contributed by atoms with van der Waals surface area (Å²) < 4.78 is 7.52. The average molecular weight is 390 g/mol. The first-order valence-corrected chi connectivity index (χ1v) is 8.27. The number of carbonyl (C=O) groups is 1. The van der Waals surface area contributed by atoms with Gasteiger partial charge in [0.1, 0.15) is 0 Å². The summed E-state index contributed by atoms with van der Waals surface area (Å²) in [5, 5.41) is 0. The van der Waals surface area contributed by atoms with Crippen molar-refractivity contribution in [3.63, 3.8) is 0 Å². The van der Waals surface area contributed by atoms with Gasteiger partial charge in [-0.05, 0) is 50.3 Å². The van der Waals surface area contributed by atoms with Crippen LogP contribution < -0.4 is 0 Å². The molecule has 1 heterocycles. The number of hydrogen-bond donors (Lipinski definition) is 0. The summed E-state index contributed by atoms with van der Waals surface area (Å²) in [6.07, 6.45) is 5.12. The van der Waals surface area contributed by atoms with Crippen LogP contribution in [0.4, 0.5) is 0 Å². The minimum absolute atomic E-state index is 0.182. The number of ketones is 1. The van der Waals surface area contributed by atoms with Gasteiger partial charge in [-0.3, -0.25) is 4.79 Å². The van der Waals surface area contributed by atoms with Gasteiger partial charge in [0.25, 0.3) is 0 Å². The summed E-state index contributed by atoms with van der Waals surface area (Å²) in [6, 6.07) is 3.89. The number of rotatable bonds is 4. The lowest BCUT2D eigenvalue weighted by Gasteiger charge is -2.22. The van der Waals surface area contributed by atoms with Crippen LogP contribution in [0, 0.1) is 6.92 Å². The fraction of sp³-hybridized carbons (Fsp3) is 0.533. The Morgan fingerprint density at radius 1 is 1.32 bits per heavy atom. The fourth-order valence-corrected chi connectivity index (χ4v) is 3.34. The highest BCUT2D eigenvalue weighted by molar-refractivity contribution is 9.11. The van der Waals surface area contributed by atoms with Crippen molar-refractivity contribution in [2.45, 2.75) is 45.1 Å². The zero-order valence-electron chi connectivity index (χ0n) is 11.0. The quantitative estimate of drug-likeness (QED) is 0.673. The molecule has 1 saturated heterocycles. The Kier molecular flexibility index (Phi) is 5.60. The lowest BCUT2D eigenvalue weighted by Crippen LogP contribution is -2.20. The number of aryl methyl sites for hydroxylation is 1. The van der Waals surface area contributed by atoms with Crippen LogP contribution in [-0.4, -0.2) is 18.5 Å². The zero-order chi connectivity index (χ0) is 13.8. The molecule has 104 valence electrons. The van der Waals surface area contributed by atoms with Crippen molar-refractivity contribution in [3.05, 3.63) is 32.2 Å². The molecular formula is C15H18Br2O2. The van der Waals surface area contributed by atoms with E-state index in [0.717, 1.165) is 45.9 Å². The van der Waals surface area contributed by atoms with E-state index in [1.54, 1.807) is 0 Å². The van der Waals surface area contributed by atoms with Crippen molar-refractivity contribution < 1.29 is 9.53 Å². The Balaban J connectivity index is 1.97. The molecule has 1 aromatic carbocycles. The molecule has 0 N–H and O–H groups in total. The molecule has 1 atom stereocenters. The fourth-order valence-electron chi connectivity index (χ4n) is 2.32. The van der Waals surface area contributed by atoms with Gasteiger partial charge >= 0.3 is 0 Å². The first kappa shape index (κ1) is 15.2. The first-order valence-electron chi connectivity index (χ1n) is 6.68. The molecular weight excluding hydrogens is 372 g/mol. The van der Waals surface area contributed by atoms with Gasteiger partial charge in [-0.15, -0.1) is 0 Å². The standard InChI is InChI=1S/C15H18Br2O2/c1-10-8-14(17)12(9-13(10)16)15(18)6-5-11-4-2-3-7-19-11/h8-9,11H,2-7H2,1H3. The van der Waals surface area contributed by atoms with Crippen molar-refractivity contribution in [2.75, 3.05) is 6.61 Å². The minimum atomic E-state index is 0.182. The van der Waals surface area contributed by atoms with E-state index in [1.165, 1.54) is 6.42 Å². The lowest BCUT2D eigenvalue weighted by molar-refractivity contribution is 0.0104. The molecule has 1 aliphatic heterocycles. The van der Waals surface area contributed by atoms with Gasteiger partial charge in [-0.1, -0.05) is 31.9 Å². The molecule has 4 heteroatoms. The normalized spacial score (nSPS) is 19.4. The van der Waals surface area contributed by atoms with Gasteiger partial charge in [0.2, 0.25) is 0 Å². The molecule has 2 rings (SSSR count). The Morgan fingerprint density at radius 2 is 2.11 bits per heavy atom. The molecule has 0 spiro atoms. The van der Waals surface area contributed by atoms with E-state index in [1.807, 2.05) is 19.1 Å². The van der Waals surface area contributed by atoms with Crippen molar-refractivity contribution >= 4 is 37.6 Å². The third kappa shape index (κ3) is 4.14. The molecule has 0 amide bonds. The van der Waals surface area contributed by atoms with Crippen LogP contribution in [0.3, 0.4) is 0 Å². The predicted octanol–water partition coefficient (Wildman–Crippen LogP) is 5.05. The number of halogens is 2. The maximum atomic E-state index is 12.3. The second-order valence-electron chi connectivity index (χ2n) is 5.03. The van der Waals surface area contributed by atoms with Gasteiger partial charge in [0.15, 0.2) is 5.78 Å². The maximum absolute atomic E-state index is 12.3. The highest BCUT2D eigenvalue weighted by atomic mass is 79.9. The Hall–Kier alpha value is -0.190. The summed E-state index contributed by atoms with van der Waals surface area (Å²) >= 11 is 6.95. The van der Waals surface area contributed by atoms with E-state index < -0.39 is 0 Å². The molecule has 1 unspecified atom stereocenters. The van der Waals surface area contributed by atoms with Gasteiger partial charge in [-0.25, -0.2) is 0 Å². The average Bonchev–Trinajstić information content (AvgIpc) is 2.41. The third-order valence-corrected chi connectivity index (χ3v) is 5.03. The number of Topliss-reactive ketones (excluding diaryl/α,β-unsaturated/α-hetero) is 1. The van der Waals surface area contributed by atoms with Crippen molar-refractivity contribution in [2.24, 2.45) is 0 Å². The van der Waals surface area contributed by atoms with E-state index in [4.69, 9.17) is 4.74 Å². The van der Waals surface area contributed by atoms with Crippen molar-refractivity contribution in [1.82, 2.24) is 0 Å². The lowest BCUT2D eigenvalue weighted by atomic mass is 10.00. The predicted molar refractivity (Wildman–Crippen MR) is 83.7 cm³/mol. The highest BCUT2D eigenvalue weighted by Crippen LogP contribution is 2.27. The van der Waals surface area contributed by atoms with Gasteiger partial charge in [0, 0.05) is 27.5 Å². The van der Waals surface area contributed by atoms with E-state index in [0.29, 0.717) is 6.42 Å². The zero-order valence-corrected chi connectivity index (χ0v) is 14.2. The van der Waals surface area contributed by atoms with Crippen LogP contribution in [0.1, 0.15) is 48.0 Å². The Morgan fingerprint density at radius 3 is 2.79 bits per heavy atom. The topological polar surface area (TPSA) is 26.3 Å². The second-order valence-corrected chi connectivity index (χ2v) is 6.74. The SMILES string of the molecule is Cc1cc(Br)c(C(=O)CCC2CCCCO2)cc1Br. The summed E-state index contributed by atoms with van der Waals surface area (Å²) in [5.74, 6) is 0.182. The summed E-state index contributed by atoms with van der Waals surface area (Å²) in [4.78, 5) is 12.3. The molecule has 1 aliphatic rings. The van der Waals surface area contributed by atoms with E-state index in [2.05, 4.69) is 31.9 Å². The van der Waals surface area contributed by atoms with Crippen LogP contribution in [0.25, 0.3) is 0 Å². The van der Waals surface area contributed by atoms with Crippen LogP contribution in [-0.2, 0) is 4.74 Å². The summed E-state index contributed by atoms with van der Waals surface area (Å²) in [5.41, 5.74) is 1.88. The molecule has 0 radical (unpaired) electrons. The first-order chi connectivity index (χ1) is 9.08. The van der Waals surface area contributed by atoms with Gasteiger partial charge < -0.3 is 4.74 Å². The monoisotopic (exact) mass is 388 g/mol. The van der Waals surface area contributed by atoms with Crippen LogP contribution in [0.15, 0.2) is 21.1 Å². The summed E-state index contributed by atoms with van der Waals surface area (Å²) in [7, 11) is 0. The summed E-state index contributed by atoms with van der Waals surface area (Å²) in [6.45, 7) is 2.86. The van der Waals surface area contributed by atoms with Crippen molar-refractivity contribution in [1.29, 1.82) is 0 Å². The van der Waals surface area contributed by atoms with Gasteiger partial charge in [0.05, 0.1) is 6.10 Å². The van der Waals surface area contributed by atoms with Crippen LogP contribution >= 0.6 is 31.9 Å². The molecule has 0 aromatic heterocycles. The molecule has 1 fully saturated rings. The number of ether oxygens (including phenoxy) is 1. The molecule has 0 bridgehead atoms. The molecule has 0 aliphatic carbocycles. The third-order valence-electron chi connectivity index (χ3n) is 3.52. The smallest absolute Gasteiger partial charge is 0.164 e. The minimum Gasteiger partial charge on any atom is -0.378 e. The number of carbonyl (C=O) groups excluding carboxylic acids is 1. The Bertz CT molecular complexity index is 465. The molecule has 2 nitrogen and oxygen atoms in total. The number of benzene rings is 1. The second kappa shape index (κ2) is 7.00. The highest BCUT2D eigenvalue weighted by Gasteiger charge is 2.17. The maximum Gasteiger partial charge on any atom is 0.164 e. The van der Waals surface area contributed by atoms with E-state index in [9.17, 15) is 4.79 Å². The van der Waals surface area contributed by atoms with E-state index in [-0.39, 0.29) is 11.9 Å². The molecule has 1 aromatic rings. The Labute approximate surface area is 131 Å². The largest absolute Gasteiger partial charge is 0.378 e.